The largest absolute Gasteiger partial charge is 0.485 e. The lowest BCUT2D eigenvalue weighted by Crippen LogP contribution is -2.39. The van der Waals surface area contributed by atoms with Crippen molar-refractivity contribution in [1.82, 2.24) is 5.32 Å². The summed E-state index contributed by atoms with van der Waals surface area (Å²) in [6, 6.07) is 6.30. The Bertz CT molecular complexity index is 1250. The van der Waals surface area contributed by atoms with E-state index in [0.29, 0.717) is 31.7 Å². The number of ether oxygens (including phenoxy) is 1. The number of anilines is 1. The third-order valence-electron chi connectivity index (χ3n) is 6.87. The molecule has 3 heterocycles. The molecule has 34 heavy (non-hydrogen) atoms. The SMILES string of the molecule is CC1(C)C2=C3C=C4C=CC(=O)C=C4OC3CCN2c2ccc(CC(=O)NCCCN=[N+]=[N-])cc21. The van der Waals surface area contributed by atoms with Crippen molar-refractivity contribution in [3.8, 4) is 0 Å². The van der Waals surface area contributed by atoms with Gasteiger partial charge in [-0.15, -0.1) is 0 Å². The van der Waals surface area contributed by atoms with Crippen molar-refractivity contribution in [3.63, 3.8) is 0 Å². The standard InChI is InChI=1S/C26H27N5O3/c1-26(2)20-12-16(13-24(33)28-9-3-10-29-30-27)4-7-21(20)31-11-8-22-19(25(26)31)14-17-5-6-18(32)15-23(17)34-22/h4-7,12,14-15,22H,3,8-11,13H2,1-2H3,(H,28,33). The van der Waals surface area contributed by atoms with Crippen LogP contribution in [0, 0.1) is 0 Å². The number of benzene rings is 1. The van der Waals surface area contributed by atoms with Gasteiger partial charge in [-0.05, 0) is 47.4 Å². The molecule has 0 saturated carbocycles. The van der Waals surface area contributed by atoms with Crippen LogP contribution >= 0.6 is 0 Å². The molecule has 8 nitrogen and oxygen atoms in total. The van der Waals surface area contributed by atoms with Crippen LogP contribution in [-0.4, -0.2) is 37.4 Å². The molecule has 0 spiro atoms. The average molecular weight is 458 g/mol. The fourth-order valence-electron chi connectivity index (χ4n) is 5.33. The molecule has 174 valence electrons. The number of hydrogen-bond donors (Lipinski definition) is 1. The Morgan fingerprint density at radius 1 is 1.32 bits per heavy atom. The molecule has 4 aliphatic rings. The first-order chi connectivity index (χ1) is 16.4. The molecule has 1 unspecified atom stereocenters. The second-order valence-corrected chi connectivity index (χ2v) is 9.51. The van der Waals surface area contributed by atoms with Crippen molar-refractivity contribution >= 4 is 17.4 Å². The molecule has 1 N–H and O–H groups in total. The maximum atomic E-state index is 12.4. The Balaban J connectivity index is 1.41. The Morgan fingerprint density at radius 2 is 2.18 bits per heavy atom. The fraction of sp³-hybridized carbons (Fsp3) is 0.385. The second kappa shape index (κ2) is 8.54. The summed E-state index contributed by atoms with van der Waals surface area (Å²) in [4.78, 5) is 29.3. The summed E-state index contributed by atoms with van der Waals surface area (Å²) in [6.45, 7) is 6.15. The third-order valence-corrected chi connectivity index (χ3v) is 6.87. The number of ketones is 1. The Morgan fingerprint density at radius 3 is 3.00 bits per heavy atom. The number of azide groups is 1. The van der Waals surface area contributed by atoms with Crippen molar-refractivity contribution in [2.75, 3.05) is 24.5 Å². The monoisotopic (exact) mass is 457 g/mol. The van der Waals surface area contributed by atoms with E-state index in [9.17, 15) is 9.59 Å². The zero-order valence-corrected chi connectivity index (χ0v) is 19.4. The topological polar surface area (TPSA) is 107 Å². The number of allylic oxidation sites excluding steroid dienone is 4. The lowest BCUT2D eigenvalue weighted by atomic mass is 9.78. The maximum absolute atomic E-state index is 12.4. The van der Waals surface area contributed by atoms with E-state index in [0.717, 1.165) is 29.7 Å². The van der Waals surface area contributed by atoms with Gasteiger partial charge in [0, 0.05) is 65.0 Å². The van der Waals surface area contributed by atoms with E-state index >= 15 is 0 Å². The molecule has 1 aromatic carbocycles. The third kappa shape index (κ3) is 3.80. The van der Waals surface area contributed by atoms with Crippen molar-refractivity contribution in [2.24, 2.45) is 5.11 Å². The lowest BCUT2D eigenvalue weighted by Gasteiger charge is -2.40. The molecule has 3 aliphatic heterocycles. The zero-order valence-electron chi connectivity index (χ0n) is 19.4. The summed E-state index contributed by atoms with van der Waals surface area (Å²) in [5.41, 5.74) is 14.8. The lowest BCUT2D eigenvalue weighted by molar-refractivity contribution is -0.120. The minimum Gasteiger partial charge on any atom is -0.485 e. The molecule has 1 amide bonds. The molecule has 0 bridgehead atoms. The van der Waals surface area contributed by atoms with Crippen LogP contribution in [0.25, 0.3) is 10.4 Å². The molecule has 1 atom stereocenters. The second-order valence-electron chi connectivity index (χ2n) is 9.51. The maximum Gasteiger partial charge on any atom is 0.224 e. The number of fused-ring (bicyclic) bond motifs is 5. The number of amides is 1. The van der Waals surface area contributed by atoms with Gasteiger partial charge in [0.05, 0.1) is 6.42 Å². The minimum absolute atomic E-state index is 0.0403. The zero-order chi connectivity index (χ0) is 23.9. The summed E-state index contributed by atoms with van der Waals surface area (Å²) in [7, 11) is 0. The quantitative estimate of drug-likeness (QED) is 0.300. The first-order valence-electron chi connectivity index (χ1n) is 11.6. The molecule has 5 rings (SSSR count). The number of carbonyl (C=O) groups excluding carboxylic acids is 2. The van der Waals surface area contributed by atoms with E-state index in [-0.39, 0.29) is 23.2 Å². The van der Waals surface area contributed by atoms with Crippen molar-refractivity contribution < 1.29 is 14.3 Å². The summed E-state index contributed by atoms with van der Waals surface area (Å²) in [5.74, 6) is 0.581. The van der Waals surface area contributed by atoms with Gasteiger partial charge in [-0.1, -0.05) is 31.1 Å². The highest BCUT2D eigenvalue weighted by Gasteiger charge is 2.46. The van der Waals surface area contributed by atoms with Crippen LogP contribution in [0.4, 0.5) is 5.69 Å². The summed E-state index contributed by atoms with van der Waals surface area (Å²) in [6.07, 6.45) is 8.85. The first kappa shape index (κ1) is 22.0. The normalized spacial score (nSPS) is 21.3. The molecule has 0 fully saturated rings. The highest BCUT2D eigenvalue weighted by atomic mass is 16.5. The average Bonchev–Trinajstić information content (AvgIpc) is 3.04. The van der Waals surface area contributed by atoms with Crippen LogP contribution in [0.5, 0.6) is 0 Å². The van der Waals surface area contributed by atoms with Gasteiger partial charge in [-0.3, -0.25) is 9.59 Å². The molecular formula is C26H27N5O3. The van der Waals surface area contributed by atoms with Gasteiger partial charge in [0.15, 0.2) is 5.78 Å². The Hall–Kier alpha value is -3.77. The van der Waals surface area contributed by atoms with E-state index in [4.69, 9.17) is 10.3 Å². The number of nitrogens with zero attached hydrogens (tertiary/aromatic N) is 4. The van der Waals surface area contributed by atoms with E-state index in [1.54, 1.807) is 12.2 Å². The number of hydrogen-bond acceptors (Lipinski definition) is 5. The van der Waals surface area contributed by atoms with Crippen molar-refractivity contribution in [2.45, 2.75) is 44.6 Å². The van der Waals surface area contributed by atoms with Crippen molar-refractivity contribution in [1.29, 1.82) is 0 Å². The van der Waals surface area contributed by atoms with Gasteiger partial charge < -0.3 is 15.0 Å². The van der Waals surface area contributed by atoms with Gasteiger partial charge in [0.1, 0.15) is 11.9 Å². The summed E-state index contributed by atoms with van der Waals surface area (Å²) >= 11 is 0. The predicted octanol–water partition coefficient (Wildman–Crippen LogP) is 4.15. The summed E-state index contributed by atoms with van der Waals surface area (Å²) < 4.78 is 6.26. The van der Waals surface area contributed by atoms with Crippen LogP contribution in [-0.2, 0) is 26.2 Å². The highest BCUT2D eigenvalue weighted by molar-refractivity contribution is 6.02. The molecule has 1 aliphatic carbocycles. The highest BCUT2D eigenvalue weighted by Crippen LogP contribution is 2.53. The fourth-order valence-corrected chi connectivity index (χ4v) is 5.33. The minimum atomic E-state index is -0.249. The molecule has 0 aromatic heterocycles. The molecule has 0 radical (unpaired) electrons. The van der Waals surface area contributed by atoms with E-state index in [2.05, 4.69) is 52.3 Å². The van der Waals surface area contributed by atoms with Gasteiger partial charge in [0.2, 0.25) is 5.91 Å². The molecule has 1 aromatic rings. The van der Waals surface area contributed by atoms with Crippen LogP contribution in [0.1, 0.15) is 37.8 Å². The van der Waals surface area contributed by atoms with Crippen LogP contribution in [0.15, 0.2) is 70.2 Å². The number of nitrogens with one attached hydrogen (secondary N) is 1. The van der Waals surface area contributed by atoms with Gasteiger partial charge in [-0.25, -0.2) is 0 Å². The van der Waals surface area contributed by atoms with Gasteiger partial charge in [0.25, 0.3) is 0 Å². The molecular weight excluding hydrogens is 430 g/mol. The van der Waals surface area contributed by atoms with Gasteiger partial charge in [-0.2, -0.15) is 0 Å². The van der Waals surface area contributed by atoms with Gasteiger partial charge >= 0.3 is 0 Å². The predicted molar refractivity (Wildman–Crippen MR) is 129 cm³/mol. The number of carbonyl (C=O) groups is 2. The van der Waals surface area contributed by atoms with E-state index in [1.807, 2.05) is 12.1 Å². The first-order valence-corrected chi connectivity index (χ1v) is 11.6. The van der Waals surface area contributed by atoms with E-state index < -0.39 is 0 Å². The van der Waals surface area contributed by atoms with Crippen LogP contribution in [0.3, 0.4) is 0 Å². The van der Waals surface area contributed by atoms with Crippen LogP contribution < -0.4 is 10.2 Å². The number of rotatable bonds is 6. The Kier molecular flexibility index (Phi) is 5.54. The molecule has 0 saturated heterocycles. The molecule has 8 heteroatoms. The van der Waals surface area contributed by atoms with E-state index in [1.165, 1.54) is 16.9 Å². The smallest absolute Gasteiger partial charge is 0.224 e. The van der Waals surface area contributed by atoms with Crippen LogP contribution in [0.2, 0.25) is 0 Å². The Labute approximate surface area is 198 Å². The van der Waals surface area contributed by atoms with Crippen molar-refractivity contribution in [3.05, 3.63) is 86.7 Å². The summed E-state index contributed by atoms with van der Waals surface area (Å²) in [5, 5.41) is 6.38.